The van der Waals surface area contributed by atoms with E-state index in [1.165, 1.54) is 64.6 Å². The van der Waals surface area contributed by atoms with Crippen LogP contribution in [0, 0.1) is 0 Å². The van der Waals surface area contributed by atoms with E-state index in [2.05, 4.69) is 17.1 Å². The third-order valence-corrected chi connectivity index (χ3v) is 4.67. The molecule has 0 bridgehead atoms. The highest BCUT2D eigenvalue weighted by Gasteiger charge is 2.26. The van der Waals surface area contributed by atoms with Gasteiger partial charge in [0.05, 0.1) is 6.10 Å². The van der Waals surface area contributed by atoms with E-state index < -0.39 is 0 Å². The monoisotopic (exact) mass is 254 g/mol. The Morgan fingerprint density at radius 1 is 1.17 bits per heavy atom. The van der Waals surface area contributed by atoms with E-state index >= 15 is 0 Å². The third-order valence-electron chi connectivity index (χ3n) is 4.67. The average Bonchev–Trinajstić information content (AvgIpc) is 2.34. The quantitative estimate of drug-likeness (QED) is 0.837. The Hall–Kier alpha value is -0.120. The van der Waals surface area contributed by atoms with Gasteiger partial charge in [-0.15, -0.1) is 0 Å². The highest BCUT2D eigenvalue weighted by molar-refractivity contribution is 4.83. The summed E-state index contributed by atoms with van der Waals surface area (Å²) in [5.41, 5.74) is 0. The van der Waals surface area contributed by atoms with Gasteiger partial charge >= 0.3 is 0 Å². The molecule has 0 aromatic heterocycles. The zero-order chi connectivity index (χ0) is 12.8. The van der Waals surface area contributed by atoms with Crippen LogP contribution in [0.4, 0.5) is 0 Å². The zero-order valence-corrected chi connectivity index (χ0v) is 12.2. The van der Waals surface area contributed by atoms with E-state index in [4.69, 9.17) is 4.74 Å². The lowest BCUT2D eigenvalue weighted by atomic mass is 9.98. The van der Waals surface area contributed by atoms with Crippen molar-refractivity contribution >= 4 is 0 Å². The van der Waals surface area contributed by atoms with Gasteiger partial charge in [0.15, 0.2) is 0 Å². The van der Waals surface area contributed by atoms with Crippen molar-refractivity contribution in [3.8, 4) is 0 Å². The van der Waals surface area contributed by atoms with E-state index in [0.717, 1.165) is 0 Å². The molecule has 0 spiro atoms. The van der Waals surface area contributed by atoms with Gasteiger partial charge in [-0.05, 0) is 39.2 Å². The lowest BCUT2D eigenvalue weighted by Gasteiger charge is -2.39. The summed E-state index contributed by atoms with van der Waals surface area (Å²) in [6.07, 6.45) is 9.85. The van der Waals surface area contributed by atoms with Crippen LogP contribution in [0.1, 0.15) is 51.9 Å². The number of methoxy groups -OCH3 is 1. The van der Waals surface area contributed by atoms with E-state index in [0.29, 0.717) is 18.2 Å². The van der Waals surface area contributed by atoms with Gasteiger partial charge in [0.1, 0.15) is 0 Å². The fraction of sp³-hybridized carbons (Fsp3) is 1.00. The molecule has 0 saturated carbocycles. The standard InChI is InChI=1S/C15H30N2O/c1-13-11-15(18-2)8-10-17(13)12-14-7-5-3-4-6-9-16-14/h13-16H,3-12H2,1-2H3. The molecule has 1 N–H and O–H groups in total. The summed E-state index contributed by atoms with van der Waals surface area (Å²) < 4.78 is 5.49. The van der Waals surface area contributed by atoms with Crippen LogP contribution in [-0.2, 0) is 4.74 Å². The van der Waals surface area contributed by atoms with E-state index in [1.54, 1.807) is 0 Å². The average molecular weight is 254 g/mol. The van der Waals surface area contributed by atoms with Crippen LogP contribution in [0.2, 0.25) is 0 Å². The molecule has 0 aromatic carbocycles. The van der Waals surface area contributed by atoms with Gasteiger partial charge in [0.25, 0.3) is 0 Å². The summed E-state index contributed by atoms with van der Waals surface area (Å²) in [7, 11) is 1.85. The van der Waals surface area contributed by atoms with Crippen molar-refractivity contribution in [3.05, 3.63) is 0 Å². The predicted molar refractivity (Wildman–Crippen MR) is 75.9 cm³/mol. The van der Waals surface area contributed by atoms with Gasteiger partial charge in [-0.3, -0.25) is 4.90 Å². The molecule has 2 aliphatic rings. The minimum Gasteiger partial charge on any atom is -0.381 e. The SMILES string of the molecule is COC1CCN(CC2CCCCCCN2)C(C)C1. The van der Waals surface area contributed by atoms with Crippen LogP contribution in [0.25, 0.3) is 0 Å². The smallest absolute Gasteiger partial charge is 0.0598 e. The van der Waals surface area contributed by atoms with Gasteiger partial charge < -0.3 is 10.1 Å². The Morgan fingerprint density at radius 2 is 2.00 bits per heavy atom. The summed E-state index contributed by atoms with van der Waals surface area (Å²) in [6.45, 7) is 6.01. The Kier molecular flexibility index (Phi) is 5.93. The molecule has 2 fully saturated rings. The summed E-state index contributed by atoms with van der Waals surface area (Å²) in [6, 6.07) is 1.39. The van der Waals surface area contributed by atoms with Gasteiger partial charge in [-0.1, -0.05) is 19.3 Å². The van der Waals surface area contributed by atoms with Crippen LogP contribution in [0.5, 0.6) is 0 Å². The normalized spacial score (nSPS) is 36.0. The van der Waals surface area contributed by atoms with Crippen molar-refractivity contribution in [2.45, 2.75) is 70.1 Å². The first-order valence-corrected chi connectivity index (χ1v) is 7.80. The first-order chi connectivity index (χ1) is 8.79. The number of ether oxygens (including phenoxy) is 1. The Bertz CT molecular complexity index is 227. The van der Waals surface area contributed by atoms with E-state index in [-0.39, 0.29) is 0 Å². The number of piperidine rings is 1. The number of nitrogens with one attached hydrogen (secondary N) is 1. The fourth-order valence-corrected chi connectivity index (χ4v) is 3.38. The second-order valence-corrected chi connectivity index (χ2v) is 6.08. The molecule has 2 aliphatic heterocycles. The molecule has 106 valence electrons. The maximum absolute atomic E-state index is 5.49. The summed E-state index contributed by atoms with van der Waals surface area (Å²) >= 11 is 0. The first-order valence-electron chi connectivity index (χ1n) is 7.80. The molecule has 2 rings (SSSR count). The number of rotatable bonds is 3. The van der Waals surface area contributed by atoms with Crippen LogP contribution in [0.3, 0.4) is 0 Å². The Morgan fingerprint density at radius 3 is 2.78 bits per heavy atom. The topological polar surface area (TPSA) is 24.5 Å². The highest BCUT2D eigenvalue weighted by Crippen LogP contribution is 2.20. The minimum absolute atomic E-state index is 0.488. The highest BCUT2D eigenvalue weighted by atomic mass is 16.5. The maximum Gasteiger partial charge on any atom is 0.0598 e. The number of hydrogen-bond acceptors (Lipinski definition) is 3. The van der Waals surface area contributed by atoms with Crippen molar-refractivity contribution in [1.82, 2.24) is 10.2 Å². The van der Waals surface area contributed by atoms with Crippen molar-refractivity contribution in [1.29, 1.82) is 0 Å². The van der Waals surface area contributed by atoms with Gasteiger partial charge in [0.2, 0.25) is 0 Å². The Labute approximate surface area is 112 Å². The molecule has 3 atom stereocenters. The van der Waals surface area contributed by atoms with Crippen molar-refractivity contribution in [3.63, 3.8) is 0 Å². The maximum atomic E-state index is 5.49. The molecule has 0 amide bonds. The van der Waals surface area contributed by atoms with Crippen LogP contribution in [-0.4, -0.2) is 49.8 Å². The van der Waals surface area contributed by atoms with Crippen LogP contribution >= 0.6 is 0 Å². The van der Waals surface area contributed by atoms with Crippen molar-refractivity contribution in [2.24, 2.45) is 0 Å². The third kappa shape index (κ3) is 4.22. The lowest BCUT2D eigenvalue weighted by molar-refractivity contribution is 0.0122. The molecular weight excluding hydrogens is 224 g/mol. The Balaban J connectivity index is 1.77. The van der Waals surface area contributed by atoms with Crippen LogP contribution in [0.15, 0.2) is 0 Å². The largest absolute Gasteiger partial charge is 0.381 e. The summed E-state index contributed by atoms with van der Waals surface area (Å²) in [4.78, 5) is 2.66. The molecule has 2 saturated heterocycles. The number of nitrogens with zero attached hydrogens (tertiary/aromatic N) is 1. The second-order valence-electron chi connectivity index (χ2n) is 6.08. The molecule has 0 aliphatic carbocycles. The summed E-state index contributed by atoms with van der Waals surface area (Å²) in [5.74, 6) is 0. The van der Waals surface area contributed by atoms with E-state index in [9.17, 15) is 0 Å². The number of hydrogen-bond donors (Lipinski definition) is 1. The lowest BCUT2D eigenvalue weighted by Crippen LogP contribution is -2.49. The number of likely N-dealkylation sites (tertiary alicyclic amines) is 1. The summed E-state index contributed by atoms with van der Waals surface area (Å²) in [5, 5.41) is 3.74. The molecule has 3 nitrogen and oxygen atoms in total. The second kappa shape index (κ2) is 7.46. The van der Waals surface area contributed by atoms with Crippen molar-refractivity contribution in [2.75, 3.05) is 26.7 Å². The van der Waals surface area contributed by atoms with E-state index in [1.807, 2.05) is 7.11 Å². The van der Waals surface area contributed by atoms with Gasteiger partial charge in [-0.25, -0.2) is 0 Å². The molecule has 0 radical (unpaired) electrons. The molecule has 0 aromatic rings. The minimum atomic E-state index is 0.488. The van der Waals surface area contributed by atoms with Gasteiger partial charge in [-0.2, -0.15) is 0 Å². The fourth-order valence-electron chi connectivity index (χ4n) is 3.38. The van der Waals surface area contributed by atoms with Crippen molar-refractivity contribution < 1.29 is 4.74 Å². The zero-order valence-electron chi connectivity index (χ0n) is 12.2. The molecule has 3 heteroatoms. The molecule has 2 heterocycles. The molecular formula is C15H30N2O. The first kappa shape index (κ1) is 14.3. The molecule has 18 heavy (non-hydrogen) atoms. The molecule has 3 unspecified atom stereocenters. The predicted octanol–water partition coefficient (Wildman–Crippen LogP) is 2.41. The van der Waals surface area contributed by atoms with Crippen LogP contribution < -0.4 is 5.32 Å². The van der Waals surface area contributed by atoms with Gasteiger partial charge in [0, 0.05) is 32.3 Å².